The molecule has 0 saturated carbocycles. The van der Waals surface area contributed by atoms with Crippen molar-refractivity contribution in [1.29, 1.82) is 0 Å². The lowest BCUT2D eigenvalue weighted by Gasteiger charge is -2.27. The molecule has 2 rings (SSSR count). The minimum absolute atomic E-state index is 0.0957. The highest BCUT2D eigenvalue weighted by atomic mass is 32.2. The van der Waals surface area contributed by atoms with Crippen LogP contribution in [-0.2, 0) is 18.4 Å². The first kappa shape index (κ1) is 17.8. The van der Waals surface area contributed by atoms with Crippen LogP contribution >= 0.6 is 0 Å². The molecule has 126 valence electrons. The number of hydrogen-bond donors (Lipinski definition) is 1. The Morgan fingerprint density at radius 1 is 1.30 bits per heavy atom. The number of aryl methyl sites for hydroxylation is 1. The SMILES string of the molecule is COc1ccc(-c2cnn(C)c2)cc1C(C)N[S+]([O-])C(C)(C)C. The average Bonchev–Trinajstić information content (AvgIpc) is 2.92. The summed E-state index contributed by atoms with van der Waals surface area (Å²) in [5.41, 5.74) is 3.08. The Balaban J connectivity index is 2.32. The van der Waals surface area contributed by atoms with E-state index in [1.807, 2.05) is 59.3 Å². The number of hydrogen-bond acceptors (Lipinski definition) is 4. The zero-order valence-electron chi connectivity index (χ0n) is 14.6. The molecular weight excluding hydrogens is 310 g/mol. The molecule has 0 fully saturated rings. The van der Waals surface area contributed by atoms with E-state index in [0.717, 1.165) is 22.4 Å². The van der Waals surface area contributed by atoms with Gasteiger partial charge in [0.25, 0.3) is 0 Å². The predicted molar refractivity (Wildman–Crippen MR) is 94.6 cm³/mol. The maximum Gasteiger partial charge on any atom is 0.136 e. The summed E-state index contributed by atoms with van der Waals surface area (Å²) in [5, 5.41) is 4.21. The number of rotatable bonds is 5. The molecule has 0 amide bonds. The molecule has 0 radical (unpaired) electrons. The summed E-state index contributed by atoms with van der Waals surface area (Å²) >= 11 is -1.15. The Morgan fingerprint density at radius 3 is 2.52 bits per heavy atom. The Hall–Kier alpha value is -1.50. The molecule has 1 aromatic heterocycles. The molecule has 0 aliphatic heterocycles. The number of nitrogens with zero attached hydrogens (tertiary/aromatic N) is 2. The van der Waals surface area contributed by atoms with Gasteiger partial charge >= 0.3 is 0 Å². The fourth-order valence-electron chi connectivity index (χ4n) is 2.22. The van der Waals surface area contributed by atoms with Crippen molar-refractivity contribution in [1.82, 2.24) is 14.5 Å². The predicted octanol–water partition coefficient (Wildman–Crippen LogP) is 3.21. The van der Waals surface area contributed by atoms with E-state index in [4.69, 9.17) is 4.74 Å². The standard InChI is InChI=1S/C17H25N3O2S/c1-12(19-23(21)17(2,3)4)15-9-13(7-8-16(15)22-6)14-10-18-20(5)11-14/h7-12,19H,1-6H3. The van der Waals surface area contributed by atoms with Gasteiger partial charge in [-0.15, -0.1) is 4.72 Å². The Bertz CT molecular complexity index is 664. The summed E-state index contributed by atoms with van der Waals surface area (Å²) in [6.45, 7) is 7.85. The van der Waals surface area contributed by atoms with E-state index in [0.29, 0.717) is 0 Å². The van der Waals surface area contributed by atoms with Gasteiger partial charge in [-0.1, -0.05) is 6.07 Å². The molecule has 0 spiro atoms. The Kier molecular flexibility index (Phi) is 5.39. The van der Waals surface area contributed by atoms with Crippen molar-refractivity contribution >= 4 is 11.4 Å². The number of nitrogens with one attached hydrogen (secondary N) is 1. The molecule has 0 saturated heterocycles. The molecule has 0 bridgehead atoms. The van der Waals surface area contributed by atoms with Crippen LogP contribution in [-0.4, -0.2) is 26.2 Å². The van der Waals surface area contributed by atoms with E-state index >= 15 is 0 Å². The van der Waals surface area contributed by atoms with Gasteiger partial charge in [0.15, 0.2) is 0 Å². The van der Waals surface area contributed by atoms with E-state index in [9.17, 15) is 4.55 Å². The lowest BCUT2D eigenvalue weighted by Crippen LogP contribution is -2.40. The third kappa shape index (κ3) is 4.28. The van der Waals surface area contributed by atoms with Crippen LogP contribution in [0.25, 0.3) is 11.1 Å². The second-order valence-corrected chi connectivity index (χ2v) is 8.58. The third-order valence-corrected chi connectivity index (χ3v) is 5.25. The van der Waals surface area contributed by atoms with Crippen molar-refractivity contribution in [2.45, 2.75) is 38.5 Å². The number of aromatic nitrogens is 2. The number of ether oxygens (including phenoxy) is 1. The highest BCUT2D eigenvalue weighted by Gasteiger charge is 2.29. The van der Waals surface area contributed by atoms with Crippen molar-refractivity contribution < 1.29 is 9.29 Å². The normalized spacial score (nSPS) is 14.6. The van der Waals surface area contributed by atoms with Crippen LogP contribution in [0, 0.1) is 0 Å². The van der Waals surface area contributed by atoms with Crippen LogP contribution in [0.3, 0.4) is 0 Å². The second kappa shape index (κ2) is 6.95. The molecule has 1 heterocycles. The molecule has 2 unspecified atom stereocenters. The van der Waals surface area contributed by atoms with Gasteiger partial charge < -0.3 is 9.29 Å². The monoisotopic (exact) mass is 335 g/mol. The Morgan fingerprint density at radius 2 is 2.00 bits per heavy atom. The molecule has 2 atom stereocenters. The molecular formula is C17H25N3O2S. The van der Waals surface area contributed by atoms with Crippen molar-refractivity contribution in [3.05, 3.63) is 36.2 Å². The minimum atomic E-state index is -1.15. The maximum atomic E-state index is 12.4. The Labute approximate surface area is 141 Å². The molecule has 6 heteroatoms. The average molecular weight is 335 g/mol. The molecule has 1 N–H and O–H groups in total. The van der Waals surface area contributed by atoms with Crippen LogP contribution in [0.4, 0.5) is 0 Å². The minimum Gasteiger partial charge on any atom is -0.598 e. The number of benzene rings is 1. The van der Waals surface area contributed by atoms with E-state index in [2.05, 4.69) is 15.9 Å². The van der Waals surface area contributed by atoms with E-state index in [1.165, 1.54) is 0 Å². The highest BCUT2D eigenvalue weighted by molar-refractivity contribution is 7.90. The van der Waals surface area contributed by atoms with Crippen molar-refractivity contribution in [3.8, 4) is 16.9 Å². The van der Waals surface area contributed by atoms with Crippen LogP contribution in [0.5, 0.6) is 5.75 Å². The van der Waals surface area contributed by atoms with E-state index in [-0.39, 0.29) is 10.8 Å². The zero-order chi connectivity index (χ0) is 17.2. The second-order valence-electron chi connectivity index (χ2n) is 6.58. The van der Waals surface area contributed by atoms with Crippen LogP contribution < -0.4 is 9.46 Å². The van der Waals surface area contributed by atoms with E-state index < -0.39 is 11.4 Å². The smallest absolute Gasteiger partial charge is 0.136 e. The summed E-state index contributed by atoms with van der Waals surface area (Å²) in [7, 11) is 3.54. The van der Waals surface area contributed by atoms with Gasteiger partial charge in [0.2, 0.25) is 0 Å². The highest BCUT2D eigenvalue weighted by Crippen LogP contribution is 2.31. The number of methoxy groups -OCH3 is 1. The lowest BCUT2D eigenvalue weighted by atomic mass is 10.0. The fourth-order valence-corrected chi connectivity index (χ4v) is 3.03. The van der Waals surface area contributed by atoms with Gasteiger partial charge in [-0.2, -0.15) is 5.10 Å². The quantitative estimate of drug-likeness (QED) is 0.852. The summed E-state index contributed by atoms with van der Waals surface area (Å²) in [6.07, 6.45) is 3.80. The first-order valence-corrected chi connectivity index (χ1v) is 8.72. The van der Waals surface area contributed by atoms with E-state index in [1.54, 1.807) is 11.8 Å². The third-order valence-electron chi connectivity index (χ3n) is 3.57. The van der Waals surface area contributed by atoms with Gasteiger partial charge in [-0.05, 0) is 45.4 Å². The lowest BCUT2D eigenvalue weighted by molar-refractivity contribution is 0.405. The van der Waals surface area contributed by atoms with Gasteiger partial charge in [0.1, 0.15) is 10.5 Å². The molecule has 0 aliphatic carbocycles. The molecule has 1 aromatic carbocycles. The van der Waals surface area contributed by atoms with Crippen molar-refractivity contribution in [3.63, 3.8) is 0 Å². The maximum absolute atomic E-state index is 12.4. The van der Waals surface area contributed by atoms with Gasteiger partial charge in [-0.25, -0.2) is 0 Å². The summed E-state index contributed by atoms with van der Waals surface area (Å²) < 4.78 is 22.4. The summed E-state index contributed by atoms with van der Waals surface area (Å²) in [4.78, 5) is 0. The first-order valence-electron chi connectivity index (χ1n) is 7.57. The van der Waals surface area contributed by atoms with Gasteiger partial charge in [-0.3, -0.25) is 4.68 Å². The van der Waals surface area contributed by atoms with Gasteiger partial charge in [0, 0.05) is 35.7 Å². The summed E-state index contributed by atoms with van der Waals surface area (Å²) in [6, 6.07) is 5.91. The van der Waals surface area contributed by atoms with Crippen molar-refractivity contribution in [2.75, 3.05) is 7.11 Å². The largest absolute Gasteiger partial charge is 0.598 e. The molecule has 23 heavy (non-hydrogen) atoms. The van der Waals surface area contributed by atoms with Crippen LogP contribution in [0.2, 0.25) is 0 Å². The summed E-state index contributed by atoms with van der Waals surface area (Å²) in [5.74, 6) is 0.781. The van der Waals surface area contributed by atoms with Crippen molar-refractivity contribution in [2.24, 2.45) is 7.05 Å². The first-order chi connectivity index (χ1) is 10.7. The van der Waals surface area contributed by atoms with Gasteiger partial charge in [0.05, 0.1) is 19.3 Å². The van der Waals surface area contributed by atoms with Crippen LogP contribution in [0.15, 0.2) is 30.6 Å². The fraction of sp³-hybridized carbons (Fsp3) is 0.471. The molecule has 0 aliphatic rings. The zero-order valence-corrected chi connectivity index (χ0v) is 15.4. The topological polar surface area (TPSA) is 62.1 Å². The molecule has 2 aromatic rings. The molecule has 5 nitrogen and oxygen atoms in total. The van der Waals surface area contributed by atoms with Crippen LogP contribution in [0.1, 0.15) is 39.3 Å².